The molecule has 0 radical (unpaired) electrons. The fourth-order valence-electron chi connectivity index (χ4n) is 7.12. The molecule has 380 valence electrons. The molecule has 6 nitrogen and oxygen atoms in total. The first-order valence-corrected chi connectivity index (χ1v) is 27.4. The summed E-state index contributed by atoms with van der Waals surface area (Å²) in [7, 11) is 0. The fourth-order valence-corrected chi connectivity index (χ4v) is 7.12. The fraction of sp³-hybridized carbons (Fsp3) is 0.656. The number of esters is 3. The van der Waals surface area contributed by atoms with Gasteiger partial charge >= 0.3 is 17.9 Å². The minimum atomic E-state index is -0.808. The highest BCUT2D eigenvalue weighted by Gasteiger charge is 2.19. The first-order chi connectivity index (χ1) is 33.0. The predicted octanol–water partition coefficient (Wildman–Crippen LogP) is 18.3. The molecule has 0 aliphatic rings. The second-order valence-corrected chi connectivity index (χ2v) is 17.7. The Balaban J connectivity index is 4.49. The number of allylic oxidation sites excluding steroid dienone is 18. The van der Waals surface area contributed by atoms with Gasteiger partial charge in [0.1, 0.15) is 13.2 Å². The Morgan fingerprint density at radius 2 is 0.582 bits per heavy atom. The number of carbonyl (C=O) groups is 3. The van der Waals surface area contributed by atoms with Crippen molar-refractivity contribution in [2.45, 2.75) is 245 Å². The Bertz CT molecular complexity index is 1390. The number of unbranched alkanes of at least 4 members (excludes halogenated alkanes) is 19. The molecule has 0 heterocycles. The zero-order valence-electron chi connectivity index (χ0n) is 43.4. The van der Waals surface area contributed by atoms with Crippen molar-refractivity contribution in [1.29, 1.82) is 0 Å². The quantitative estimate of drug-likeness (QED) is 0.0262. The van der Waals surface area contributed by atoms with E-state index in [1.165, 1.54) is 64.2 Å². The Morgan fingerprint density at radius 3 is 0.985 bits per heavy atom. The average molecular weight is 929 g/mol. The van der Waals surface area contributed by atoms with E-state index in [0.717, 1.165) is 128 Å². The topological polar surface area (TPSA) is 78.9 Å². The summed E-state index contributed by atoms with van der Waals surface area (Å²) in [5.41, 5.74) is 0. The zero-order valence-corrected chi connectivity index (χ0v) is 43.4. The van der Waals surface area contributed by atoms with Crippen LogP contribution in [0, 0.1) is 0 Å². The molecule has 0 amide bonds. The lowest BCUT2D eigenvalue weighted by Gasteiger charge is -2.18. The Hall–Kier alpha value is -3.93. The van der Waals surface area contributed by atoms with E-state index in [4.69, 9.17) is 14.2 Å². The molecule has 0 saturated carbocycles. The van der Waals surface area contributed by atoms with Gasteiger partial charge in [0.15, 0.2) is 6.10 Å². The normalized spacial score (nSPS) is 12.9. The van der Waals surface area contributed by atoms with Crippen molar-refractivity contribution >= 4 is 17.9 Å². The summed E-state index contributed by atoms with van der Waals surface area (Å²) in [5.74, 6) is -0.974. The van der Waals surface area contributed by atoms with Crippen molar-refractivity contribution in [2.75, 3.05) is 13.2 Å². The van der Waals surface area contributed by atoms with Crippen LogP contribution in [0.1, 0.15) is 239 Å². The van der Waals surface area contributed by atoms with Crippen LogP contribution in [0.5, 0.6) is 0 Å². The molecular formula is C61H100O6. The highest BCUT2D eigenvalue weighted by atomic mass is 16.6. The summed E-state index contributed by atoms with van der Waals surface area (Å²) < 4.78 is 16.8. The number of carbonyl (C=O) groups excluding carboxylic acids is 3. The SMILES string of the molecule is CC/C=C\C/C=C\C/C=C\C/C=C\C/C=C\C/C=C\CCCCC(=O)OCC(COC(=O)CCCCCCC/C=C\CCCCC)OC(=O)CCCCCCC/C=C\C/C=C\CCCCCC. The van der Waals surface area contributed by atoms with E-state index in [2.05, 4.69) is 130 Å². The molecule has 67 heavy (non-hydrogen) atoms. The minimum absolute atomic E-state index is 0.104. The average Bonchev–Trinajstić information content (AvgIpc) is 3.33. The Morgan fingerprint density at radius 1 is 0.313 bits per heavy atom. The maximum absolute atomic E-state index is 12.8. The van der Waals surface area contributed by atoms with E-state index in [0.29, 0.717) is 25.7 Å². The van der Waals surface area contributed by atoms with Gasteiger partial charge in [-0.15, -0.1) is 0 Å². The van der Waals surface area contributed by atoms with Crippen LogP contribution in [0.4, 0.5) is 0 Å². The van der Waals surface area contributed by atoms with Gasteiger partial charge < -0.3 is 14.2 Å². The van der Waals surface area contributed by atoms with Gasteiger partial charge in [0.2, 0.25) is 0 Å². The molecule has 0 saturated heterocycles. The van der Waals surface area contributed by atoms with E-state index < -0.39 is 6.10 Å². The minimum Gasteiger partial charge on any atom is -0.462 e. The standard InChI is InChI=1S/C61H100O6/c1-4-7-10-13-16-19-22-25-27-29-30-31-32-33-35-36-39-42-45-48-51-54-60(63)66-57-58(56-65-59(62)53-50-47-44-41-38-24-21-18-15-12-9-6-3)67-61(64)55-52-49-46-43-40-37-34-28-26-23-20-17-14-11-8-5-2/h7,10,16,18-21,23,25,27-28,30-31,33-35,39,42,58H,4-6,8-9,11-15,17,22,24,26,29,32,36-38,40-41,43-57H2,1-3H3/b10-7-,19-16-,21-18-,23-20-,27-25-,31-30-,34-28-,35-33-,42-39-. The van der Waals surface area contributed by atoms with Crippen LogP contribution in [-0.2, 0) is 28.6 Å². The van der Waals surface area contributed by atoms with Crippen molar-refractivity contribution in [2.24, 2.45) is 0 Å². The number of hydrogen-bond acceptors (Lipinski definition) is 6. The summed E-state index contributed by atoms with van der Waals surface area (Å²) in [4.78, 5) is 38.0. The molecule has 0 aliphatic heterocycles. The van der Waals surface area contributed by atoms with Crippen LogP contribution in [0.25, 0.3) is 0 Å². The summed E-state index contributed by atoms with van der Waals surface area (Å²) in [6.07, 6.45) is 73.6. The molecule has 0 N–H and O–H groups in total. The molecule has 0 aromatic rings. The smallest absolute Gasteiger partial charge is 0.306 e. The van der Waals surface area contributed by atoms with Crippen molar-refractivity contribution < 1.29 is 28.6 Å². The molecule has 6 heteroatoms. The van der Waals surface area contributed by atoms with Gasteiger partial charge in [0.25, 0.3) is 0 Å². The van der Waals surface area contributed by atoms with E-state index in [1.54, 1.807) is 0 Å². The lowest BCUT2D eigenvalue weighted by molar-refractivity contribution is -0.167. The maximum atomic E-state index is 12.8. The highest BCUT2D eigenvalue weighted by molar-refractivity contribution is 5.71. The van der Waals surface area contributed by atoms with E-state index in [1.807, 2.05) is 0 Å². The monoisotopic (exact) mass is 929 g/mol. The third-order valence-corrected chi connectivity index (χ3v) is 11.2. The van der Waals surface area contributed by atoms with Gasteiger partial charge in [-0.2, -0.15) is 0 Å². The third-order valence-electron chi connectivity index (χ3n) is 11.2. The van der Waals surface area contributed by atoms with Crippen LogP contribution in [0.2, 0.25) is 0 Å². The van der Waals surface area contributed by atoms with E-state index in [-0.39, 0.29) is 31.1 Å². The van der Waals surface area contributed by atoms with Crippen molar-refractivity contribution in [3.05, 3.63) is 109 Å². The van der Waals surface area contributed by atoms with Crippen LogP contribution < -0.4 is 0 Å². The number of ether oxygens (including phenoxy) is 3. The second-order valence-electron chi connectivity index (χ2n) is 17.7. The molecule has 0 rings (SSSR count). The first kappa shape index (κ1) is 63.1. The second kappa shape index (κ2) is 54.7. The van der Waals surface area contributed by atoms with Crippen molar-refractivity contribution in [1.82, 2.24) is 0 Å². The summed E-state index contributed by atoms with van der Waals surface area (Å²) >= 11 is 0. The molecule has 0 bridgehead atoms. The van der Waals surface area contributed by atoms with Crippen LogP contribution >= 0.6 is 0 Å². The zero-order chi connectivity index (χ0) is 48.6. The van der Waals surface area contributed by atoms with Gasteiger partial charge in [0, 0.05) is 19.3 Å². The molecule has 0 aromatic heterocycles. The van der Waals surface area contributed by atoms with Crippen LogP contribution in [0.3, 0.4) is 0 Å². The third kappa shape index (κ3) is 52.9. The Kier molecular flexibility index (Phi) is 51.5. The van der Waals surface area contributed by atoms with Gasteiger partial charge in [0.05, 0.1) is 0 Å². The molecular weight excluding hydrogens is 829 g/mol. The first-order valence-electron chi connectivity index (χ1n) is 27.4. The molecule has 1 atom stereocenters. The predicted molar refractivity (Wildman–Crippen MR) is 288 cm³/mol. The lowest BCUT2D eigenvalue weighted by atomic mass is 10.1. The molecule has 0 fully saturated rings. The van der Waals surface area contributed by atoms with Gasteiger partial charge in [-0.25, -0.2) is 0 Å². The molecule has 0 spiro atoms. The molecule has 0 aliphatic carbocycles. The highest BCUT2D eigenvalue weighted by Crippen LogP contribution is 2.13. The lowest BCUT2D eigenvalue weighted by Crippen LogP contribution is -2.30. The van der Waals surface area contributed by atoms with Crippen LogP contribution in [0.15, 0.2) is 109 Å². The van der Waals surface area contributed by atoms with E-state index >= 15 is 0 Å². The van der Waals surface area contributed by atoms with Crippen molar-refractivity contribution in [3.8, 4) is 0 Å². The van der Waals surface area contributed by atoms with Gasteiger partial charge in [-0.1, -0.05) is 201 Å². The molecule has 1 unspecified atom stereocenters. The van der Waals surface area contributed by atoms with Gasteiger partial charge in [-0.05, 0) is 128 Å². The summed E-state index contributed by atoms with van der Waals surface area (Å²) in [5, 5.41) is 0. The van der Waals surface area contributed by atoms with E-state index in [9.17, 15) is 14.4 Å². The summed E-state index contributed by atoms with van der Waals surface area (Å²) in [6.45, 7) is 6.42. The summed E-state index contributed by atoms with van der Waals surface area (Å²) in [6, 6.07) is 0. The van der Waals surface area contributed by atoms with Gasteiger partial charge in [-0.3, -0.25) is 14.4 Å². The van der Waals surface area contributed by atoms with Crippen LogP contribution in [-0.4, -0.2) is 37.2 Å². The molecule has 0 aromatic carbocycles. The number of rotatable bonds is 48. The Labute approximate surface area is 412 Å². The number of hydrogen-bond donors (Lipinski definition) is 0. The maximum Gasteiger partial charge on any atom is 0.306 e. The largest absolute Gasteiger partial charge is 0.462 e. The van der Waals surface area contributed by atoms with Crippen molar-refractivity contribution in [3.63, 3.8) is 0 Å².